The van der Waals surface area contributed by atoms with Crippen LogP contribution >= 0.6 is 0 Å². The van der Waals surface area contributed by atoms with E-state index in [9.17, 15) is 10.2 Å². The predicted octanol–water partition coefficient (Wildman–Crippen LogP) is 9.61. The van der Waals surface area contributed by atoms with Crippen LogP contribution in [0, 0.1) is 16.7 Å². The first-order chi connectivity index (χ1) is 20.0. The lowest BCUT2D eigenvalue weighted by atomic mass is 9.63. The third-order valence-electron chi connectivity index (χ3n) is 9.43. The standard InChI is InChI=1S/C40H56O3/c1-29(17-13-19-31(3)21-22-36-33(5)25-34(41)26-37(36,6)7)15-11-12-16-30(2)18-14-20-32(4)23-24-40-38(8,9)27-35(42)28-39(40,10)43-40/h11-25,34-36,41-42H,26-28H2,1-10H3/b12-11+,17-13+,18-14+,22-21+,24-23+,29-15+,30-16-,31-19-,32-20+/t34-,35+,36-,39+,40-/m0/s1. The molecule has 0 amide bonds. The summed E-state index contributed by atoms with van der Waals surface area (Å²) in [7, 11) is 0. The Morgan fingerprint density at radius 1 is 0.721 bits per heavy atom. The Morgan fingerprint density at radius 3 is 1.77 bits per heavy atom. The number of allylic oxidation sites excluding steroid dienone is 18. The van der Waals surface area contributed by atoms with Crippen molar-refractivity contribution in [3.8, 4) is 0 Å². The van der Waals surface area contributed by atoms with E-state index >= 15 is 0 Å². The molecule has 2 N–H and O–H groups in total. The second-order valence-corrected chi connectivity index (χ2v) is 14.6. The van der Waals surface area contributed by atoms with E-state index in [1.54, 1.807) is 0 Å². The first-order valence-electron chi connectivity index (χ1n) is 15.8. The molecule has 3 nitrogen and oxygen atoms in total. The molecule has 5 atom stereocenters. The number of epoxide rings is 1. The zero-order valence-electron chi connectivity index (χ0n) is 28.3. The Bertz CT molecular complexity index is 1320. The maximum Gasteiger partial charge on any atom is 0.121 e. The van der Waals surface area contributed by atoms with E-state index in [-0.39, 0.29) is 34.2 Å². The molecule has 3 aliphatic rings. The molecular weight excluding hydrogens is 528 g/mol. The van der Waals surface area contributed by atoms with Crippen molar-refractivity contribution in [2.45, 2.75) is 112 Å². The van der Waals surface area contributed by atoms with Gasteiger partial charge in [-0.1, -0.05) is 141 Å². The van der Waals surface area contributed by atoms with E-state index in [0.29, 0.717) is 12.3 Å². The number of aliphatic hydroxyl groups excluding tert-OH is 2. The van der Waals surface area contributed by atoms with Crippen molar-refractivity contribution in [2.75, 3.05) is 0 Å². The molecule has 0 bridgehead atoms. The van der Waals surface area contributed by atoms with Crippen molar-refractivity contribution in [1.82, 2.24) is 0 Å². The Morgan fingerprint density at radius 2 is 1.23 bits per heavy atom. The molecule has 0 unspecified atom stereocenters. The van der Waals surface area contributed by atoms with E-state index < -0.39 is 0 Å². The summed E-state index contributed by atoms with van der Waals surface area (Å²) < 4.78 is 6.25. The normalized spacial score (nSPS) is 33.8. The molecule has 0 aromatic rings. The van der Waals surface area contributed by atoms with Gasteiger partial charge >= 0.3 is 0 Å². The van der Waals surface area contributed by atoms with Gasteiger partial charge in [0, 0.05) is 17.8 Å². The molecule has 0 radical (unpaired) electrons. The Labute approximate surface area is 262 Å². The zero-order valence-corrected chi connectivity index (χ0v) is 28.3. The highest BCUT2D eigenvalue weighted by Gasteiger charge is 2.74. The highest BCUT2D eigenvalue weighted by molar-refractivity contribution is 5.37. The smallest absolute Gasteiger partial charge is 0.121 e. The fourth-order valence-electron chi connectivity index (χ4n) is 7.07. The van der Waals surface area contributed by atoms with Gasteiger partial charge in [0.05, 0.1) is 12.2 Å². The van der Waals surface area contributed by atoms with Gasteiger partial charge in [0.1, 0.15) is 11.2 Å². The lowest BCUT2D eigenvalue weighted by molar-refractivity contribution is 0.0515. The van der Waals surface area contributed by atoms with Crippen LogP contribution in [0.25, 0.3) is 0 Å². The molecule has 0 aromatic heterocycles. The summed E-state index contributed by atoms with van der Waals surface area (Å²) >= 11 is 0. The summed E-state index contributed by atoms with van der Waals surface area (Å²) in [5, 5.41) is 20.3. The van der Waals surface area contributed by atoms with Crippen LogP contribution in [0.5, 0.6) is 0 Å². The minimum absolute atomic E-state index is 0.0547. The van der Waals surface area contributed by atoms with Gasteiger partial charge < -0.3 is 14.9 Å². The van der Waals surface area contributed by atoms with Crippen molar-refractivity contribution >= 4 is 0 Å². The van der Waals surface area contributed by atoms with E-state index in [4.69, 9.17) is 4.74 Å². The summed E-state index contributed by atoms with van der Waals surface area (Å²) in [6.07, 6.45) is 33.5. The first-order valence-corrected chi connectivity index (χ1v) is 15.8. The third kappa shape index (κ3) is 8.91. The van der Waals surface area contributed by atoms with Gasteiger partial charge in [-0.25, -0.2) is 0 Å². The summed E-state index contributed by atoms with van der Waals surface area (Å²) in [6.45, 7) is 21.5. The lowest BCUT2D eigenvalue weighted by Gasteiger charge is -2.39. The van der Waals surface area contributed by atoms with Crippen molar-refractivity contribution in [3.05, 3.63) is 119 Å². The van der Waals surface area contributed by atoms with Crippen molar-refractivity contribution in [3.63, 3.8) is 0 Å². The average molecular weight is 585 g/mol. The molecule has 0 aromatic carbocycles. The summed E-state index contributed by atoms with van der Waals surface area (Å²) in [5.74, 6) is 0.345. The van der Waals surface area contributed by atoms with Crippen LogP contribution in [0.1, 0.15) is 88.5 Å². The van der Waals surface area contributed by atoms with E-state index in [2.05, 4.69) is 154 Å². The van der Waals surface area contributed by atoms with Gasteiger partial charge in [0.25, 0.3) is 0 Å². The molecule has 1 saturated heterocycles. The highest BCUT2D eigenvalue weighted by Crippen LogP contribution is 2.66. The minimum Gasteiger partial charge on any atom is -0.393 e. The maximum absolute atomic E-state index is 10.2. The quantitative estimate of drug-likeness (QED) is 0.153. The number of aliphatic hydroxyl groups is 2. The average Bonchev–Trinajstić information content (AvgIpc) is 3.49. The van der Waals surface area contributed by atoms with Crippen LogP contribution < -0.4 is 0 Å². The molecule has 1 aliphatic heterocycles. The number of hydrogen-bond acceptors (Lipinski definition) is 3. The summed E-state index contributed by atoms with van der Waals surface area (Å²) in [6, 6.07) is 0. The molecule has 2 fully saturated rings. The van der Waals surface area contributed by atoms with E-state index in [0.717, 1.165) is 12.8 Å². The number of ether oxygens (including phenoxy) is 1. The topological polar surface area (TPSA) is 53.0 Å². The van der Waals surface area contributed by atoms with Crippen LogP contribution in [0.2, 0.25) is 0 Å². The molecule has 234 valence electrons. The summed E-state index contributed by atoms with van der Waals surface area (Å²) in [5.41, 5.74) is 5.38. The van der Waals surface area contributed by atoms with Crippen molar-refractivity contribution in [1.29, 1.82) is 0 Å². The molecule has 3 rings (SSSR count). The van der Waals surface area contributed by atoms with Gasteiger partial charge in [-0.3, -0.25) is 0 Å². The van der Waals surface area contributed by atoms with Crippen LogP contribution in [0.3, 0.4) is 0 Å². The van der Waals surface area contributed by atoms with Gasteiger partial charge in [0.15, 0.2) is 0 Å². The molecular formula is C40H56O3. The molecule has 1 saturated carbocycles. The Balaban J connectivity index is 1.49. The second-order valence-electron chi connectivity index (χ2n) is 14.6. The van der Waals surface area contributed by atoms with Gasteiger partial charge in [-0.2, -0.15) is 0 Å². The van der Waals surface area contributed by atoms with Crippen LogP contribution in [-0.4, -0.2) is 33.6 Å². The zero-order chi connectivity index (χ0) is 32.1. The van der Waals surface area contributed by atoms with Gasteiger partial charge in [0.2, 0.25) is 0 Å². The fraction of sp³-hybridized carbons (Fsp3) is 0.500. The Hall–Kier alpha value is -2.72. The molecule has 43 heavy (non-hydrogen) atoms. The van der Waals surface area contributed by atoms with Gasteiger partial charge in [-0.05, 0) is 65.9 Å². The van der Waals surface area contributed by atoms with Crippen LogP contribution in [-0.2, 0) is 4.74 Å². The minimum atomic E-state index is -0.333. The summed E-state index contributed by atoms with van der Waals surface area (Å²) in [4.78, 5) is 0. The van der Waals surface area contributed by atoms with Gasteiger partial charge in [-0.15, -0.1) is 0 Å². The van der Waals surface area contributed by atoms with Crippen molar-refractivity contribution < 1.29 is 14.9 Å². The highest BCUT2D eigenvalue weighted by atomic mass is 16.6. The first kappa shape index (κ1) is 34.8. The van der Waals surface area contributed by atoms with E-state index in [1.165, 1.54) is 27.9 Å². The maximum atomic E-state index is 10.2. The largest absolute Gasteiger partial charge is 0.393 e. The molecule has 3 heteroatoms. The van der Waals surface area contributed by atoms with Crippen molar-refractivity contribution in [2.24, 2.45) is 16.7 Å². The molecule has 2 aliphatic carbocycles. The molecule has 1 heterocycles. The molecule has 0 spiro atoms. The third-order valence-corrected chi connectivity index (χ3v) is 9.43. The van der Waals surface area contributed by atoms with E-state index in [1.807, 2.05) is 6.08 Å². The Kier molecular flexibility index (Phi) is 11.3. The van der Waals surface area contributed by atoms with Crippen LogP contribution in [0.4, 0.5) is 0 Å². The number of rotatable bonds is 10. The SMILES string of the molecule is CC1=C[C@H](O)CC(C)(C)[C@H]1/C=C/C(C)=C\C=C\C(C)=C\C=C\C=C(C)/C=C/C=C(C)/C=C/[C@@]12O[C@]1(C)C[C@H](O)CC2(C)C. The monoisotopic (exact) mass is 584 g/mol. The predicted molar refractivity (Wildman–Crippen MR) is 184 cm³/mol. The second kappa shape index (κ2) is 13.9. The lowest BCUT2D eigenvalue weighted by Crippen LogP contribution is -2.46. The van der Waals surface area contributed by atoms with Crippen LogP contribution in [0.15, 0.2) is 119 Å². The number of hydrogen-bond donors (Lipinski definition) is 2. The number of fused-ring (bicyclic) bond motifs is 1. The fourth-order valence-corrected chi connectivity index (χ4v) is 7.07.